The molecule has 0 aliphatic heterocycles. The number of esters is 3. The maximum atomic E-state index is 13.0. The van der Waals surface area contributed by atoms with Crippen LogP contribution in [-0.4, -0.2) is 66.5 Å². The minimum absolute atomic E-state index is 0.146. The van der Waals surface area contributed by atoms with Crippen molar-refractivity contribution < 1.29 is 52.2 Å². The molecular weight excluding hydrogens is 1000 g/mol. The Kier molecular flexibility index (Phi) is 57.2. The summed E-state index contributed by atoms with van der Waals surface area (Å²) < 4.78 is 39.6. The number of phosphoric ester groups is 1. The molecule has 0 saturated heterocycles. The van der Waals surface area contributed by atoms with E-state index in [0.717, 1.165) is 122 Å². The Bertz CT molecular complexity index is 1630. The fourth-order valence-corrected chi connectivity index (χ4v) is 9.38. The molecule has 0 saturated carbocycles. The van der Waals surface area contributed by atoms with Gasteiger partial charge in [-0.2, -0.15) is 0 Å². The first-order chi connectivity index (χ1) is 38.2. The number of aliphatic hydroxyl groups excluding tert-OH is 1. The molecule has 0 aromatic carbocycles. The number of carbonyl (C=O) groups excluding carboxylic acids is 3. The second-order valence-corrected chi connectivity index (χ2v) is 22.3. The second-order valence-electron chi connectivity index (χ2n) is 20.8. The molecule has 0 amide bonds. The minimum atomic E-state index is -4.76. The third kappa shape index (κ3) is 57.3. The largest absolute Gasteiger partial charge is 0.472 e. The smallest absolute Gasteiger partial charge is 0.462 e. The van der Waals surface area contributed by atoms with Crippen LogP contribution in [0.2, 0.25) is 0 Å². The van der Waals surface area contributed by atoms with Crippen LogP contribution in [0.3, 0.4) is 0 Å². The van der Waals surface area contributed by atoms with Crippen molar-refractivity contribution >= 4 is 25.7 Å². The summed E-state index contributed by atoms with van der Waals surface area (Å²) in [6.07, 6.45) is 69.6. The second kappa shape index (κ2) is 59.8. The first-order valence-corrected chi connectivity index (χ1v) is 33.0. The van der Waals surface area contributed by atoms with Crippen LogP contribution >= 0.6 is 7.82 Å². The highest BCUT2D eigenvalue weighted by molar-refractivity contribution is 7.47. The molecule has 0 fully saturated rings. The van der Waals surface area contributed by atoms with E-state index in [0.29, 0.717) is 19.3 Å². The average molecular weight is 1120 g/mol. The van der Waals surface area contributed by atoms with Gasteiger partial charge in [-0.15, -0.1) is 0 Å². The zero-order chi connectivity index (χ0) is 56.9. The van der Waals surface area contributed by atoms with Crippen molar-refractivity contribution in [3.8, 4) is 0 Å². The van der Waals surface area contributed by atoms with E-state index in [1.807, 2.05) is 0 Å². The Morgan fingerprint density at radius 1 is 0.372 bits per heavy atom. The summed E-state index contributed by atoms with van der Waals surface area (Å²) in [4.78, 5) is 48.7. The zero-order valence-corrected chi connectivity index (χ0v) is 50.8. The lowest BCUT2D eigenvalue weighted by Crippen LogP contribution is -2.30. The number of carbonyl (C=O) groups is 3. The normalized spacial score (nSPS) is 13.9. The van der Waals surface area contributed by atoms with Crippen LogP contribution in [0.4, 0.5) is 0 Å². The van der Waals surface area contributed by atoms with Gasteiger partial charge in [0.25, 0.3) is 0 Å². The van der Waals surface area contributed by atoms with E-state index in [2.05, 4.69) is 106 Å². The van der Waals surface area contributed by atoms with Gasteiger partial charge in [-0.05, 0) is 89.9 Å². The van der Waals surface area contributed by atoms with Crippen molar-refractivity contribution in [2.75, 3.05) is 26.4 Å². The molecule has 0 rings (SSSR count). The molecule has 11 nitrogen and oxygen atoms in total. The van der Waals surface area contributed by atoms with Gasteiger partial charge in [0.05, 0.1) is 19.8 Å². The predicted molar refractivity (Wildman–Crippen MR) is 325 cm³/mol. The first-order valence-electron chi connectivity index (χ1n) is 31.5. The Labute approximate surface area is 477 Å². The lowest BCUT2D eigenvalue weighted by molar-refractivity contribution is -0.161. The van der Waals surface area contributed by atoms with Crippen LogP contribution in [0.1, 0.15) is 278 Å². The number of hydrogen-bond donors (Lipinski definition) is 2. The number of rotatable bonds is 58. The maximum Gasteiger partial charge on any atom is 0.472 e. The highest BCUT2D eigenvalue weighted by Crippen LogP contribution is 2.43. The van der Waals surface area contributed by atoms with E-state index in [1.54, 1.807) is 0 Å². The SMILES string of the molecule is CC/C=C\C/C=C\C/C=C\C/C=C\CCCCCCC(=O)OC(CO)COP(=O)(O)OCC(COC(=O)CCCCCCC/C=C\C/C=C\C/C=C\CC)OC(=O)CCCCCCCCCCCCCCCCCCCCC. The van der Waals surface area contributed by atoms with Crippen LogP contribution in [0.15, 0.2) is 85.1 Å². The number of phosphoric acid groups is 1. The van der Waals surface area contributed by atoms with Gasteiger partial charge in [0, 0.05) is 19.3 Å². The van der Waals surface area contributed by atoms with Gasteiger partial charge in [0.15, 0.2) is 6.10 Å². The highest BCUT2D eigenvalue weighted by atomic mass is 31.2. The van der Waals surface area contributed by atoms with Crippen molar-refractivity contribution in [3.63, 3.8) is 0 Å². The molecule has 0 radical (unpaired) electrons. The molecule has 78 heavy (non-hydrogen) atoms. The third-order valence-corrected chi connectivity index (χ3v) is 14.3. The molecule has 0 aliphatic carbocycles. The fraction of sp³-hybridized carbons (Fsp3) is 0.742. The molecular formula is C66H115O11P. The predicted octanol–water partition coefficient (Wildman–Crippen LogP) is 19.0. The monoisotopic (exact) mass is 1110 g/mol. The van der Waals surface area contributed by atoms with Gasteiger partial charge in [0.1, 0.15) is 12.7 Å². The summed E-state index contributed by atoms with van der Waals surface area (Å²) in [5.41, 5.74) is 0. The van der Waals surface area contributed by atoms with Crippen LogP contribution in [0.25, 0.3) is 0 Å². The van der Waals surface area contributed by atoms with Crippen LogP contribution in [-0.2, 0) is 42.2 Å². The summed E-state index contributed by atoms with van der Waals surface area (Å²) in [5, 5.41) is 9.84. The summed E-state index contributed by atoms with van der Waals surface area (Å²) in [5.74, 6) is -1.50. The molecule has 0 aromatic rings. The van der Waals surface area contributed by atoms with Gasteiger partial charge in [-0.25, -0.2) is 4.57 Å². The topological polar surface area (TPSA) is 155 Å². The van der Waals surface area contributed by atoms with E-state index in [-0.39, 0.29) is 25.9 Å². The quantitative estimate of drug-likeness (QED) is 0.0197. The molecule has 12 heteroatoms. The minimum Gasteiger partial charge on any atom is -0.462 e. The zero-order valence-electron chi connectivity index (χ0n) is 49.9. The molecule has 450 valence electrons. The van der Waals surface area contributed by atoms with Gasteiger partial charge in [-0.3, -0.25) is 23.4 Å². The van der Waals surface area contributed by atoms with E-state index in [9.17, 15) is 28.9 Å². The number of ether oxygens (including phenoxy) is 3. The lowest BCUT2D eigenvalue weighted by Gasteiger charge is -2.21. The molecule has 0 aromatic heterocycles. The molecule has 0 bridgehead atoms. The van der Waals surface area contributed by atoms with E-state index < -0.39 is 57.8 Å². The lowest BCUT2D eigenvalue weighted by atomic mass is 10.0. The molecule has 0 spiro atoms. The Morgan fingerprint density at radius 3 is 1.03 bits per heavy atom. The number of aliphatic hydroxyl groups is 1. The Hall–Kier alpha value is -3.34. The van der Waals surface area contributed by atoms with Gasteiger partial charge in [-0.1, -0.05) is 254 Å². The Morgan fingerprint density at radius 2 is 0.667 bits per heavy atom. The van der Waals surface area contributed by atoms with E-state index in [1.165, 1.54) is 96.3 Å². The van der Waals surface area contributed by atoms with E-state index >= 15 is 0 Å². The van der Waals surface area contributed by atoms with Gasteiger partial charge >= 0.3 is 25.7 Å². The number of hydrogen-bond acceptors (Lipinski definition) is 10. The van der Waals surface area contributed by atoms with Crippen LogP contribution in [0.5, 0.6) is 0 Å². The fourth-order valence-electron chi connectivity index (χ4n) is 8.60. The summed E-state index contributed by atoms with van der Waals surface area (Å²) in [6, 6.07) is 0. The van der Waals surface area contributed by atoms with Crippen LogP contribution < -0.4 is 0 Å². The first kappa shape index (κ1) is 74.7. The van der Waals surface area contributed by atoms with Gasteiger partial charge < -0.3 is 24.2 Å². The molecule has 3 unspecified atom stereocenters. The standard InChI is InChI=1S/C66H115O11P/c1-4-7-10-13-16-19-22-25-28-30-31-33-36-39-42-45-48-51-54-57-66(70)77-63(59-73-64(68)55-52-49-46-43-40-37-34-27-24-21-18-15-12-9-6-3)61-75-78(71,72)74-60-62(58-67)76-65(69)56-53-50-47-44-41-38-35-32-29-26-23-20-17-14-11-8-5-2/h8-9,11-12,17-18,20-21,26-27,29,34-35,38,62-63,67H,4-7,10,13-16,19,22-25,28,30-33,36-37,39-61H2,1-3H3,(H,71,72)/b11-8-,12-9-,20-17-,21-18-,29-26-,34-27-,38-35-. The summed E-state index contributed by atoms with van der Waals surface area (Å²) in [6.45, 7) is 4.41. The maximum absolute atomic E-state index is 13.0. The molecule has 3 atom stereocenters. The van der Waals surface area contributed by atoms with Crippen molar-refractivity contribution in [1.29, 1.82) is 0 Å². The van der Waals surface area contributed by atoms with Crippen molar-refractivity contribution in [1.82, 2.24) is 0 Å². The van der Waals surface area contributed by atoms with Crippen molar-refractivity contribution in [2.24, 2.45) is 0 Å². The number of allylic oxidation sites excluding steroid dienone is 14. The summed E-state index contributed by atoms with van der Waals surface area (Å²) in [7, 11) is -4.76. The average Bonchev–Trinajstić information content (AvgIpc) is 3.43. The molecule has 0 heterocycles. The Balaban J connectivity index is 4.72. The van der Waals surface area contributed by atoms with E-state index in [4.69, 9.17) is 23.3 Å². The molecule has 0 aliphatic rings. The number of unbranched alkanes of at least 4 members (excludes halogenated alkanes) is 27. The molecule has 2 N–H and O–H groups in total. The third-order valence-electron chi connectivity index (χ3n) is 13.3. The van der Waals surface area contributed by atoms with Gasteiger partial charge in [0.2, 0.25) is 0 Å². The van der Waals surface area contributed by atoms with Crippen LogP contribution in [0, 0.1) is 0 Å². The summed E-state index contributed by atoms with van der Waals surface area (Å²) >= 11 is 0. The van der Waals surface area contributed by atoms with Crippen molar-refractivity contribution in [3.05, 3.63) is 85.1 Å². The van der Waals surface area contributed by atoms with Crippen molar-refractivity contribution in [2.45, 2.75) is 290 Å². The highest BCUT2D eigenvalue weighted by Gasteiger charge is 2.28.